The molecule has 6 heteroatoms. The number of benzene rings is 2. The molecule has 0 bridgehead atoms. The molecule has 2 aromatic rings. The summed E-state index contributed by atoms with van der Waals surface area (Å²) in [5.41, 5.74) is 3.27. The molecule has 138 valence electrons. The number of hydrogen-bond donors (Lipinski definition) is 1. The Morgan fingerprint density at radius 2 is 1.69 bits per heavy atom. The van der Waals surface area contributed by atoms with Crippen LogP contribution in [0.2, 0.25) is 0 Å². The summed E-state index contributed by atoms with van der Waals surface area (Å²) < 4.78 is 23.4. The molecular formula is C20H24N2O3S. The van der Waals surface area contributed by atoms with E-state index in [1.807, 2.05) is 24.3 Å². The number of hydrogen-bond acceptors (Lipinski definition) is 4. The summed E-state index contributed by atoms with van der Waals surface area (Å²) in [7, 11) is -3.36. The summed E-state index contributed by atoms with van der Waals surface area (Å²) in [5, 5.41) is 2.84. The third kappa shape index (κ3) is 3.90. The van der Waals surface area contributed by atoms with Gasteiger partial charge in [0.25, 0.3) is 5.91 Å². The highest BCUT2D eigenvalue weighted by atomic mass is 32.2. The number of amides is 1. The maximum atomic E-state index is 12.6. The van der Waals surface area contributed by atoms with Crippen molar-refractivity contribution in [1.29, 1.82) is 0 Å². The third-order valence-corrected chi connectivity index (χ3v) is 5.72. The van der Waals surface area contributed by atoms with Crippen LogP contribution in [0.4, 0.5) is 11.4 Å². The van der Waals surface area contributed by atoms with E-state index in [1.54, 1.807) is 13.0 Å². The van der Waals surface area contributed by atoms with E-state index in [4.69, 9.17) is 0 Å². The van der Waals surface area contributed by atoms with Gasteiger partial charge in [-0.05, 0) is 54.3 Å². The molecule has 0 aliphatic carbocycles. The first-order valence-corrected chi connectivity index (χ1v) is 10.4. The van der Waals surface area contributed by atoms with E-state index in [0.29, 0.717) is 16.7 Å². The molecule has 1 aliphatic heterocycles. The highest BCUT2D eigenvalue weighted by Gasteiger charge is 2.33. The first-order valence-electron chi connectivity index (χ1n) is 8.52. The molecular weight excluding hydrogens is 348 g/mol. The number of nitrogens with one attached hydrogen (secondary N) is 1. The van der Waals surface area contributed by atoms with Crippen molar-refractivity contribution in [2.24, 2.45) is 5.41 Å². The maximum Gasteiger partial charge on any atom is 0.255 e. The van der Waals surface area contributed by atoms with E-state index in [1.165, 1.54) is 12.1 Å². The van der Waals surface area contributed by atoms with Crippen LogP contribution < -0.4 is 10.2 Å². The Balaban J connectivity index is 1.74. The van der Waals surface area contributed by atoms with E-state index in [2.05, 4.69) is 24.1 Å². The molecule has 0 radical (unpaired) electrons. The summed E-state index contributed by atoms with van der Waals surface area (Å²) in [5.74, 6) is -0.314. The minimum Gasteiger partial charge on any atom is -0.370 e. The van der Waals surface area contributed by atoms with Crippen LogP contribution in [0.5, 0.6) is 0 Å². The Kier molecular flexibility index (Phi) is 4.56. The number of rotatable bonds is 4. The van der Waals surface area contributed by atoms with Gasteiger partial charge in [-0.15, -0.1) is 0 Å². The number of nitrogens with zero attached hydrogens (tertiary/aromatic N) is 1. The van der Waals surface area contributed by atoms with Crippen molar-refractivity contribution in [3.63, 3.8) is 0 Å². The Bertz CT molecular complexity index is 940. The summed E-state index contributed by atoms with van der Waals surface area (Å²) in [4.78, 5) is 15.0. The van der Waals surface area contributed by atoms with Gasteiger partial charge in [0, 0.05) is 36.3 Å². The van der Waals surface area contributed by atoms with Crippen molar-refractivity contribution < 1.29 is 13.2 Å². The number of carbonyl (C=O) groups excluding carboxylic acids is 1. The largest absolute Gasteiger partial charge is 0.370 e. The molecule has 1 amide bonds. The van der Waals surface area contributed by atoms with E-state index < -0.39 is 9.84 Å². The van der Waals surface area contributed by atoms with Gasteiger partial charge < -0.3 is 10.2 Å². The van der Waals surface area contributed by atoms with Gasteiger partial charge in [-0.2, -0.15) is 0 Å². The van der Waals surface area contributed by atoms with Crippen LogP contribution in [-0.4, -0.2) is 33.7 Å². The van der Waals surface area contributed by atoms with Gasteiger partial charge in [0.15, 0.2) is 9.84 Å². The zero-order valence-corrected chi connectivity index (χ0v) is 16.4. The van der Waals surface area contributed by atoms with Gasteiger partial charge in [-0.3, -0.25) is 4.79 Å². The molecule has 0 saturated carbocycles. The fourth-order valence-electron chi connectivity index (χ4n) is 3.20. The van der Waals surface area contributed by atoms with Crippen molar-refractivity contribution in [3.05, 3.63) is 53.6 Å². The second-order valence-corrected chi connectivity index (χ2v) is 9.79. The molecule has 1 heterocycles. The van der Waals surface area contributed by atoms with Crippen LogP contribution in [0, 0.1) is 12.3 Å². The Labute approximate surface area is 154 Å². The molecule has 0 aromatic heterocycles. The molecule has 1 saturated heterocycles. The highest BCUT2D eigenvalue weighted by Crippen LogP contribution is 2.33. The minimum atomic E-state index is -3.36. The molecule has 0 spiro atoms. The molecule has 1 aliphatic rings. The van der Waals surface area contributed by atoms with Crippen LogP contribution in [0.25, 0.3) is 0 Å². The molecule has 5 nitrogen and oxygen atoms in total. The molecule has 1 fully saturated rings. The average Bonchev–Trinajstić information content (AvgIpc) is 2.52. The SMILES string of the molecule is Cc1ccc(S(C)(=O)=O)cc1C(=O)Nc1ccc(N2CC(C)(C)C2)cc1. The lowest BCUT2D eigenvalue weighted by molar-refractivity contribution is 0.102. The number of sulfone groups is 1. The van der Waals surface area contributed by atoms with Crippen molar-refractivity contribution >= 4 is 27.1 Å². The van der Waals surface area contributed by atoms with Crippen LogP contribution in [0.3, 0.4) is 0 Å². The van der Waals surface area contributed by atoms with E-state index >= 15 is 0 Å². The van der Waals surface area contributed by atoms with Gasteiger partial charge in [0.05, 0.1) is 4.90 Å². The second-order valence-electron chi connectivity index (χ2n) is 7.77. The normalized spacial score (nSPS) is 16.1. The Morgan fingerprint density at radius 3 is 2.23 bits per heavy atom. The fourth-order valence-corrected chi connectivity index (χ4v) is 3.85. The van der Waals surface area contributed by atoms with Gasteiger partial charge in [0.2, 0.25) is 0 Å². The Hall–Kier alpha value is -2.34. The zero-order valence-electron chi connectivity index (χ0n) is 15.5. The number of anilines is 2. The van der Waals surface area contributed by atoms with Crippen LogP contribution in [0.15, 0.2) is 47.4 Å². The van der Waals surface area contributed by atoms with Crippen LogP contribution >= 0.6 is 0 Å². The monoisotopic (exact) mass is 372 g/mol. The molecule has 3 rings (SSSR count). The summed E-state index contributed by atoms with van der Waals surface area (Å²) in [6, 6.07) is 12.3. The zero-order chi connectivity index (χ0) is 19.1. The quantitative estimate of drug-likeness (QED) is 0.892. The lowest BCUT2D eigenvalue weighted by Crippen LogP contribution is -2.53. The minimum absolute atomic E-state index is 0.143. The summed E-state index contributed by atoms with van der Waals surface area (Å²) in [6.45, 7) is 8.32. The maximum absolute atomic E-state index is 12.6. The molecule has 26 heavy (non-hydrogen) atoms. The smallest absolute Gasteiger partial charge is 0.255 e. The lowest BCUT2D eigenvalue weighted by atomic mass is 9.84. The van der Waals surface area contributed by atoms with Crippen molar-refractivity contribution in [2.75, 3.05) is 29.6 Å². The standard InChI is InChI=1S/C20H24N2O3S/c1-14-5-10-17(26(4,24)25)11-18(14)19(23)21-15-6-8-16(9-7-15)22-12-20(2,3)13-22/h5-11H,12-13H2,1-4H3,(H,21,23). The second kappa shape index (κ2) is 6.43. The molecule has 2 aromatic carbocycles. The van der Waals surface area contributed by atoms with Crippen molar-refractivity contribution in [2.45, 2.75) is 25.7 Å². The first-order chi connectivity index (χ1) is 12.0. The van der Waals surface area contributed by atoms with Crippen molar-refractivity contribution in [3.8, 4) is 0 Å². The van der Waals surface area contributed by atoms with Crippen molar-refractivity contribution in [1.82, 2.24) is 0 Å². The van der Waals surface area contributed by atoms with E-state index in [0.717, 1.165) is 30.6 Å². The third-order valence-electron chi connectivity index (χ3n) is 4.61. The van der Waals surface area contributed by atoms with E-state index in [-0.39, 0.29) is 10.8 Å². The predicted octanol–water partition coefficient (Wildman–Crippen LogP) is 3.50. The fraction of sp³-hybridized carbons (Fsp3) is 0.350. The predicted molar refractivity (Wildman–Crippen MR) is 105 cm³/mol. The highest BCUT2D eigenvalue weighted by molar-refractivity contribution is 7.90. The number of aryl methyl sites for hydroxylation is 1. The number of carbonyl (C=O) groups is 1. The first kappa shape index (κ1) is 18.5. The summed E-state index contributed by atoms with van der Waals surface area (Å²) >= 11 is 0. The molecule has 1 N–H and O–H groups in total. The van der Waals surface area contributed by atoms with Gasteiger partial charge >= 0.3 is 0 Å². The topological polar surface area (TPSA) is 66.5 Å². The van der Waals surface area contributed by atoms with Gasteiger partial charge in [-0.25, -0.2) is 8.42 Å². The lowest BCUT2D eigenvalue weighted by Gasteiger charge is -2.47. The van der Waals surface area contributed by atoms with Crippen LogP contribution in [0.1, 0.15) is 29.8 Å². The van der Waals surface area contributed by atoms with Crippen LogP contribution in [-0.2, 0) is 9.84 Å². The molecule has 0 unspecified atom stereocenters. The summed E-state index contributed by atoms with van der Waals surface area (Å²) in [6.07, 6.45) is 1.13. The van der Waals surface area contributed by atoms with E-state index in [9.17, 15) is 13.2 Å². The average molecular weight is 372 g/mol. The van der Waals surface area contributed by atoms with Gasteiger partial charge in [0.1, 0.15) is 0 Å². The Morgan fingerprint density at radius 1 is 1.08 bits per heavy atom. The molecule has 0 atom stereocenters. The van der Waals surface area contributed by atoms with Gasteiger partial charge in [-0.1, -0.05) is 19.9 Å².